The first kappa shape index (κ1) is 23.0. The summed E-state index contributed by atoms with van der Waals surface area (Å²) < 4.78 is 21.1. The standard InChI is InChI=1S/C22H27NO7/c1-7-28-17-11-15(9-10-16(17)27-6)21(25)30-14(5)20(24)19-12(3)18(13(4)23-19)22(26)29-8-2/h9-11,14,23H,7-8H2,1-6H3/t14-/m1/s1. The minimum absolute atomic E-state index is 0.209. The molecule has 30 heavy (non-hydrogen) atoms. The number of Topliss-reactive ketones (excluding diaryl/α,β-unsaturated/α-hetero) is 1. The van der Waals surface area contributed by atoms with Crippen LogP contribution in [0.4, 0.5) is 0 Å². The topological polar surface area (TPSA) is 104 Å². The van der Waals surface area contributed by atoms with E-state index in [1.54, 1.807) is 26.8 Å². The molecule has 8 heteroatoms. The van der Waals surface area contributed by atoms with Crippen LogP contribution in [0.15, 0.2) is 18.2 Å². The molecule has 1 aromatic carbocycles. The van der Waals surface area contributed by atoms with Crippen molar-refractivity contribution < 1.29 is 33.3 Å². The van der Waals surface area contributed by atoms with Crippen molar-refractivity contribution in [3.63, 3.8) is 0 Å². The molecule has 2 aromatic rings. The Morgan fingerprint density at radius 2 is 1.73 bits per heavy atom. The molecule has 0 bridgehead atoms. The second-order valence-corrected chi connectivity index (χ2v) is 6.56. The van der Waals surface area contributed by atoms with Gasteiger partial charge in [-0.25, -0.2) is 9.59 Å². The number of hydrogen-bond acceptors (Lipinski definition) is 7. The third-order valence-corrected chi connectivity index (χ3v) is 4.52. The summed E-state index contributed by atoms with van der Waals surface area (Å²) in [7, 11) is 1.50. The van der Waals surface area contributed by atoms with Gasteiger partial charge in [0.2, 0.25) is 5.78 Å². The molecule has 0 unspecified atom stereocenters. The van der Waals surface area contributed by atoms with Gasteiger partial charge in [0.15, 0.2) is 17.6 Å². The number of rotatable bonds is 9. The van der Waals surface area contributed by atoms with E-state index in [-0.39, 0.29) is 17.9 Å². The average molecular weight is 417 g/mol. The summed E-state index contributed by atoms with van der Waals surface area (Å²) in [4.78, 5) is 40.4. The van der Waals surface area contributed by atoms with Gasteiger partial charge in [0.25, 0.3) is 0 Å². The molecule has 1 aromatic heterocycles. The Kier molecular flexibility index (Phi) is 7.63. The van der Waals surface area contributed by atoms with Crippen LogP contribution in [0.5, 0.6) is 11.5 Å². The normalized spacial score (nSPS) is 11.5. The quantitative estimate of drug-likeness (QED) is 0.491. The third-order valence-electron chi connectivity index (χ3n) is 4.52. The zero-order valence-electron chi connectivity index (χ0n) is 18.1. The van der Waals surface area contributed by atoms with Crippen LogP contribution in [-0.4, -0.2) is 49.1 Å². The highest BCUT2D eigenvalue weighted by atomic mass is 16.5. The lowest BCUT2D eigenvalue weighted by atomic mass is 10.1. The molecular formula is C22H27NO7. The van der Waals surface area contributed by atoms with E-state index in [0.29, 0.717) is 34.9 Å². The first-order chi connectivity index (χ1) is 14.2. The SMILES string of the molecule is CCOC(=O)c1c(C)[nH]c(C(=O)[C@@H](C)OC(=O)c2ccc(OC)c(OCC)c2)c1C. The van der Waals surface area contributed by atoms with Crippen LogP contribution in [0.2, 0.25) is 0 Å². The van der Waals surface area contributed by atoms with Crippen molar-refractivity contribution in [1.29, 1.82) is 0 Å². The number of carbonyl (C=O) groups excluding carboxylic acids is 3. The Bertz CT molecular complexity index is 945. The molecule has 0 aliphatic heterocycles. The molecule has 0 saturated heterocycles. The van der Waals surface area contributed by atoms with Gasteiger partial charge >= 0.3 is 11.9 Å². The van der Waals surface area contributed by atoms with Gasteiger partial charge in [0.1, 0.15) is 0 Å². The number of methoxy groups -OCH3 is 1. The summed E-state index contributed by atoms with van der Waals surface area (Å²) in [6, 6.07) is 4.63. The Balaban J connectivity index is 2.20. The Morgan fingerprint density at radius 3 is 2.33 bits per heavy atom. The van der Waals surface area contributed by atoms with Gasteiger partial charge in [0.05, 0.1) is 37.1 Å². The second-order valence-electron chi connectivity index (χ2n) is 6.56. The summed E-state index contributed by atoms with van der Waals surface area (Å²) in [5, 5.41) is 0. The zero-order valence-corrected chi connectivity index (χ0v) is 18.1. The van der Waals surface area contributed by atoms with Gasteiger partial charge < -0.3 is 23.9 Å². The zero-order chi connectivity index (χ0) is 22.4. The lowest BCUT2D eigenvalue weighted by molar-refractivity contribution is 0.0316. The van der Waals surface area contributed by atoms with E-state index in [4.69, 9.17) is 18.9 Å². The maximum atomic E-state index is 12.8. The van der Waals surface area contributed by atoms with Crippen molar-refractivity contribution >= 4 is 17.7 Å². The fraction of sp³-hybridized carbons (Fsp3) is 0.409. The number of aromatic nitrogens is 1. The minimum Gasteiger partial charge on any atom is -0.493 e. The smallest absolute Gasteiger partial charge is 0.340 e. The molecule has 2 rings (SSSR count). The molecule has 0 radical (unpaired) electrons. The molecule has 0 spiro atoms. The monoisotopic (exact) mass is 417 g/mol. The van der Waals surface area contributed by atoms with Gasteiger partial charge in [-0.3, -0.25) is 4.79 Å². The molecule has 0 aliphatic rings. The van der Waals surface area contributed by atoms with E-state index in [9.17, 15) is 14.4 Å². The summed E-state index contributed by atoms with van der Waals surface area (Å²) in [6.07, 6.45) is -1.07. The van der Waals surface area contributed by atoms with Crippen LogP contribution < -0.4 is 9.47 Å². The number of hydrogen-bond donors (Lipinski definition) is 1. The Labute approximate surface area is 175 Å². The van der Waals surface area contributed by atoms with E-state index >= 15 is 0 Å². The number of benzene rings is 1. The summed E-state index contributed by atoms with van der Waals surface area (Å²) in [5.41, 5.74) is 1.73. The van der Waals surface area contributed by atoms with Crippen molar-refractivity contribution in [2.75, 3.05) is 20.3 Å². The number of esters is 2. The average Bonchev–Trinajstić information content (AvgIpc) is 3.01. The van der Waals surface area contributed by atoms with Gasteiger partial charge in [-0.1, -0.05) is 0 Å². The van der Waals surface area contributed by atoms with Crippen molar-refractivity contribution in [1.82, 2.24) is 4.98 Å². The highest BCUT2D eigenvalue weighted by molar-refractivity contribution is 6.04. The number of aryl methyl sites for hydroxylation is 1. The summed E-state index contributed by atoms with van der Waals surface area (Å²) in [6.45, 7) is 8.96. The molecule has 0 saturated carbocycles. The summed E-state index contributed by atoms with van der Waals surface area (Å²) >= 11 is 0. The first-order valence-electron chi connectivity index (χ1n) is 9.67. The van der Waals surface area contributed by atoms with Crippen LogP contribution in [-0.2, 0) is 9.47 Å². The second kappa shape index (κ2) is 9.96. The Hall–Kier alpha value is -3.29. The van der Waals surface area contributed by atoms with Crippen molar-refractivity contribution in [3.05, 3.63) is 46.3 Å². The largest absolute Gasteiger partial charge is 0.493 e. The van der Waals surface area contributed by atoms with E-state index in [1.807, 2.05) is 6.92 Å². The number of ether oxygens (including phenoxy) is 4. The fourth-order valence-electron chi connectivity index (χ4n) is 3.06. The number of H-pyrrole nitrogens is 1. The predicted octanol–water partition coefficient (Wildman–Crippen LogP) is 3.64. The van der Waals surface area contributed by atoms with Gasteiger partial charge in [-0.15, -0.1) is 0 Å². The molecule has 1 heterocycles. The molecule has 8 nitrogen and oxygen atoms in total. The number of carbonyl (C=O) groups is 3. The lowest BCUT2D eigenvalue weighted by Gasteiger charge is -2.14. The number of aromatic amines is 1. The fourth-order valence-corrected chi connectivity index (χ4v) is 3.06. The minimum atomic E-state index is -1.07. The van der Waals surface area contributed by atoms with Crippen molar-refractivity contribution in [2.24, 2.45) is 0 Å². The van der Waals surface area contributed by atoms with Crippen LogP contribution >= 0.6 is 0 Å². The van der Waals surface area contributed by atoms with Crippen molar-refractivity contribution in [2.45, 2.75) is 40.7 Å². The van der Waals surface area contributed by atoms with Crippen LogP contribution in [0, 0.1) is 13.8 Å². The van der Waals surface area contributed by atoms with Crippen LogP contribution in [0.25, 0.3) is 0 Å². The van der Waals surface area contributed by atoms with Gasteiger partial charge in [-0.2, -0.15) is 0 Å². The maximum Gasteiger partial charge on any atom is 0.340 e. The molecule has 0 fully saturated rings. The van der Waals surface area contributed by atoms with E-state index in [1.165, 1.54) is 26.2 Å². The Morgan fingerprint density at radius 1 is 1.03 bits per heavy atom. The van der Waals surface area contributed by atoms with Crippen molar-refractivity contribution in [3.8, 4) is 11.5 Å². The number of ketones is 1. The maximum absolute atomic E-state index is 12.8. The third kappa shape index (κ3) is 4.82. The van der Waals surface area contributed by atoms with E-state index < -0.39 is 23.8 Å². The van der Waals surface area contributed by atoms with E-state index in [0.717, 1.165) is 0 Å². The lowest BCUT2D eigenvalue weighted by Crippen LogP contribution is -2.25. The molecule has 0 amide bonds. The van der Waals surface area contributed by atoms with E-state index in [2.05, 4.69) is 4.98 Å². The molecule has 1 N–H and O–H groups in total. The highest BCUT2D eigenvalue weighted by Gasteiger charge is 2.28. The predicted molar refractivity (Wildman–Crippen MR) is 110 cm³/mol. The van der Waals surface area contributed by atoms with Crippen LogP contribution in [0.1, 0.15) is 63.2 Å². The van der Waals surface area contributed by atoms with Gasteiger partial charge in [-0.05, 0) is 58.4 Å². The molecule has 0 aliphatic carbocycles. The molecular weight excluding hydrogens is 390 g/mol. The summed E-state index contributed by atoms with van der Waals surface area (Å²) in [5.74, 6) is -0.733. The molecule has 1 atom stereocenters. The van der Waals surface area contributed by atoms with Gasteiger partial charge in [0, 0.05) is 5.69 Å². The number of nitrogens with one attached hydrogen (secondary N) is 1. The van der Waals surface area contributed by atoms with Crippen LogP contribution in [0.3, 0.4) is 0 Å². The highest BCUT2D eigenvalue weighted by Crippen LogP contribution is 2.28. The first-order valence-corrected chi connectivity index (χ1v) is 9.67. The molecule has 162 valence electrons.